The van der Waals surface area contributed by atoms with E-state index in [0.29, 0.717) is 5.76 Å². The molecule has 0 aliphatic heterocycles. The number of carbonyl (C=O) groups excluding carboxylic acids is 1. The summed E-state index contributed by atoms with van der Waals surface area (Å²) in [5.74, 6) is -0.360. The molecule has 0 saturated carbocycles. The van der Waals surface area contributed by atoms with Crippen molar-refractivity contribution in [2.75, 3.05) is 7.11 Å². The van der Waals surface area contributed by atoms with Crippen LogP contribution >= 0.6 is 0 Å². The van der Waals surface area contributed by atoms with Gasteiger partial charge in [-0.2, -0.15) is 8.78 Å². The summed E-state index contributed by atoms with van der Waals surface area (Å²) in [5.41, 5.74) is 0.0780. The van der Waals surface area contributed by atoms with E-state index in [1.165, 1.54) is 31.6 Å². The zero-order valence-corrected chi connectivity index (χ0v) is 13.3. The highest BCUT2D eigenvalue weighted by atomic mass is 19.3. The summed E-state index contributed by atoms with van der Waals surface area (Å²) in [6.45, 7) is -3.29. The molecule has 0 radical (unpaired) electrons. The molecule has 26 heavy (non-hydrogen) atoms. The number of alkyl halides is 2. The first-order chi connectivity index (χ1) is 12.6. The molecule has 0 N–H and O–H groups in total. The highest BCUT2D eigenvalue weighted by molar-refractivity contribution is 5.90. The fraction of sp³-hybridized carbons (Fsp3) is 0.188. The maximum atomic E-state index is 12.3. The first kappa shape index (κ1) is 17.4. The second kappa shape index (κ2) is 7.64. The quantitative estimate of drug-likeness (QED) is 0.588. The Morgan fingerprint density at radius 3 is 2.77 bits per heavy atom. The lowest BCUT2D eigenvalue weighted by molar-refractivity contribution is -0.0512. The van der Waals surface area contributed by atoms with E-state index in [0.717, 1.165) is 0 Å². The van der Waals surface area contributed by atoms with Crippen LogP contribution in [0.25, 0.3) is 11.7 Å². The Hall–Kier alpha value is -3.43. The smallest absolute Gasteiger partial charge is 0.387 e. The molecule has 0 amide bonds. The lowest BCUT2D eigenvalue weighted by Crippen LogP contribution is -2.07. The first-order valence-electron chi connectivity index (χ1n) is 7.23. The predicted molar refractivity (Wildman–Crippen MR) is 80.7 cm³/mol. The number of carbonyl (C=O) groups is 1. The van der Waals surface area contributed by atoms with E-state index in [1.807, 2.05) is 0 Å². The minimum absolute atomic E-state index is 0.0300. The number of rotatable bonds is 7. The minimum atomic E-state index is -3.01. The highest BCUT2D eigenvalue weighted by Gasteiger charge is 2.17. The number of esters is 1. The van der Waals surface area contributed by atoms with Crippen LogP contribution in [0.1, 0.15) is 16.2 Å². The summed E-state index contributed by atoms with van der Waals surface area (Å²) < 4.78 is 49.3. The topological polar surface area (TPSA) is 96.8 Å². The summed E-state index contributed by atoms with van der Waals surface area (Å²) in [5, 5.41) is 7.50. The van der Waals surface area contributed by atoms with Gasteiger partial charge in [-0.15, -0.1) is 10.2 Å². The van der Waals surface area contributed by atoms with Crippen molar-refractivity contribution in [3.8, 4) is 23.1 Å². The van der Waals surface area contributed by atoms with E-state index in [1.54, 1.807) is 12.1 Å². The number of methoxy groups -OCH3 is 1. The molecule has 2 aromatic heterocycles. The number of hydrogen-bond acceptors (Lipinski definition) is 8. The van der Waals surface area contributed by atoms with Gasteiger partial charge >= 0.3 is 12.6 Å². The van der Waals surface area contributed by atoms with E-state index >= 15 is 0 Å². The fourth-order valence-corrected chi connectivity index (χ4v) is 2.01. The second-order valence-electron chi connectivity index (χ2n) is 4.80. The van der Waals surface area contributed by atoms with Gasteiger partial charge in [0.15, 0.2) is 23.9 Å². The van der Waals surface area contributed by atoms with Crippen LogP contribution in [0, 0.1) is 0 Å². The zero-order chi connectivity index (χ0) is 18.5. The number of aromatic nitrogens is 2. The minimum Gasteiger partial charge on any atom is -0.493 e. The Balaban J connectivity index is 1.65. The van der Waals surface area contributed by atoms with Gasteiger partial charge in [0.05, 0.1) is 18.9 Å². The summed E-state index contributed by atoms with van der Waals surface area (Å²) in [6.07, 6.45) is 1.45. The Labute approximate surface area is 145 Å². The van der Waals surface area contributed by atoms with Gasteiger partial charge in [0.1, 0.15) is 0 Å². The molecular weight excluding hydrogens is 354 g/mol. The van der Waals surface area contributed by atoms with Gasteiger partial charge in [-0.1, -0.05) is 0 Å². The number of hydrogen-bond donors (Lipinski definition) is 0. The number of nitrogens with zero attached hydrogens (tertiary/aromatic N) is 2. The Bertz CT molecular complexity index is 879. The molecule has 0 aliphatic rings. The molecule has 0 spiro atoms. The molecule has 1 aromatic carbocycles. The maximum Gasteiger partial charge on any atom is 0.387 e. The van der Waals surface area contributed by atoms with Gasteiger partial charge in [-0.3, -0.25) is 0 Å². The molecule has 0 unspecified atom stereocenters. The Morgan fingerprint density at radius 1 is 1.23 bits per heavy atom. The van der Waals surface area contributed by atoms with Crippen LogP contribution in [0.3, 0.4) is 0 Å². The van der Waals surface area contributed by atoms with Gasteiger partial charge in [0.25, 0.3) is 11.8 Å². The van der Waals surface area contributed by atoms with Crippen molar-refractivity contribution in [2.45, 2.75) is 13.2 Å². The molecule has 8 nitrogen and oxygen atoms in total. The van der Waals surface area contributed by atoms with Gasteiger partial charge in [0.2, 0.25) is 0 Å². The molecule has 0 bridgehead atoms. The number of ether oxygens (including phenoxy) is 3. The van der Waals surface area contributed by atoms with Gasteiger partial charge in [0, 0.05) is 0 Å². The monoisotopic (exact) mass is 366 g/mol. The summed E-state index contributed by atoms with van der Waals surface area (Å²) in [7, 11) is 1.26. The standard InChI is InChI=1S/C16H12F2N2O6/c1-22-12-7-9(4-5-10(12)25-16(17)18)15(21)24-8-13-19-20-14(26-13)11-3-2-6-23-11/h2-7,16H,8H2,1H3. The summed E-state index contributed by atoms with van der Waals surface area (Å²) in [6, 6.07) is 6.97. The Morgan fingerprint density at radius 2 is 2.08 bits per heavy atom. The number of furan rings is 1. The first-order valence-corrected chi connectivity index (χ1v) is 7.23. The third-order valence-corrected chi connectivity index (χ3v) is 3.14. The van der Waals surface area contributed by atoms with Crippen LogP contribution in [0.2, 0.25) is 0 Å². The third kappa shape index (κ3) is 3.97. The molecule has 0 fully saturated rings. The molecule has 3 rings (SSSR count). The average Bonchev–Trinajstić information content (AvgIpc) is 3.30. The molecule has 0 aliphatic carbocycles. The predicted octanol–water partition coefficient (Wildman–Crippen LogP) is 3.30. The van der Waals surface area contributed by atoms with Crippen LogP contribution in [0.4, 0.5) is 8.78 Å². The number of halogens is 2. The van der Waals surface area contributed by atoms with Crippen LogP contribution in [0.15, 0.2) is 45.4 Å². The van der Waals surface area contributed by atoms with E-state index in [2.05, 4.69) is 14.9 Å². The maximum absolute atomic E-state index is 12.3. The molecule has 136 valence electrons. The molecular formula is C16H12F2N2O6. The normalized spacial score (nSPS) is 10.8. The van der Waals surface area contributed by atoms with E-state index in [9.17, 15) is 13.6 Å². The van der Waals surface area contributed by atoms with E-state index in [-0.39, 0.29) is 35.5 Å². The lowest BCUT2D eigenvalue weighted by atomic mass is 10.2. The summed E-state index contributed by atoms with van der Waals surface area (Å²) in [4.78, 5) is 12.1. The largest absolute Gasteiger partial charge is 0.493 e. The summed E-state index contributed by atoms with van der Waals surface area (Å²) >= 11 is 0. The van der Waals surface area contributed by atoms with Crippen LogP contribution in [0.5, 0.6) is 11.5 Å². The molecule has 0 atom stereocenters. The highest BCUT2D eigenvalue weighted by Crippen LogP contribution is 2.29. The fourth-order valence-electron chi connectivity index (χ4n) is 2.01. The van der Waals surface area contributed by atoms with Crippen molar-refractivity contribution in [1.82, 2.24) is 10.2 Å². The van der Waals surface area contributed by atoms with Crippen LogP contribution in [-0.2, 0) is 11.3 Å². The van der Waals surface area contributed by atoms with Crippen molar-refractivity contribution in [2.24, 2.45) is 0 Å². The van der Waals surface area contributed by atoms with Crippen LogP contribution in [-0.4, -0.2) is 29.9 Å². The van der Waals surface area contributed by atoms with Crippen molar-refractivity contribution >= 4 is 5.97 Å². The van der Waals surface area contributed by atoms with Gasteiger partial charge < -0.3 is 23.0 Å². The van der Waals surface area contributed by atoms with Crippen molar-refractivity contribution in [3.05, 3.63) is 48.0 Å². The van der Waals surface area contributed by atoms with E-state index < -0.39 is 12.6 Å². The molecule has 0 saturated heterocycles. The Kier molecular flexibility index (Phi) is 5.11. The number of benzene rings is 1. The van der Waals surface area contributed by atoms with Crippen LogP contribution < -0.4 is 9.47 Å². The lowest BCUT2D eigenvalue weighted by Gasteiger charge is -2.10. The molecule has 3 aromatic rings. The average molecular weight is 366 g/mol. The van der Waals surface area contributed by atoms with Gasteiger partial charge in [-0.05, 0) is 30.3 Å². The van der Waals surface area contributed by atoms with E-state index in [4.69, 9.17) is 18.3 Å². The molecule has 2 heterocycles. The second-order valence-corrected chi connectivity index (χ2v) is 4.80. The molecule has 10 heteroatoms. The van der Waals surface area contributed by atoms with Crippen molar-refractivity contribution in [3.63, 3.8) is 0 Å². The van der Waals surface area contributed by atoms with Gasteiger partial charge in [-0.25, -0.2) is 4.79 Å². The van der Waals surface area contributed by atoms with Crippen molar-refractivity contribution < 1.29 is 36.6 Å². The van der Waals surface area contributed by atoms with Crippen molar-refractivity contribution in [1.29, 1.82) is 0 Å². The third-order valence-electron chi connectivity index (χ3n) is 3.14. The SMILES string of the molecule is COc1cc(C(=O)OCc2nnc(-c3ccco3)o2)ccc1OC(F)F. The zero-order valence-electron chi connectivity index (χ0n) is 13.3.